The van der Waals surface area contributed by atoms with Crippen LogP contribution in [0, 0.1) is 25.7 Å². The molecule has 3 heterocycles. The van der Waals surface area contributed by atoms with Crippen LogP contribution in [-0.4, -0.2) is 40.6 Å². The van der Waals surface area contributed by atoms with Crippen LogP contribution >= 0.6 is 15.9 Å². The van der Waals surface area contributed by atoms with Crippen molar-refractivity contribution < 1.29 is 13.8 Å². The molecule has 1 aliphatic carbocycles. The average molecular weight is 510 g/mol. The van der Waals surface area contributed by atoms with Gasteiger partial charge < -0.3 is 13.9 Å². The largest absolute Gasteiger partial charge is 0.356 e. The summed E-state index contributed by atoms with van der Waals surface area (Å²) in [6.45, 7) is 7.11. The number of fused-ring (bicyclic) bond motifs is 2. The summed E-state index contributed by atoms with van der Waals surface area (Å²) in [5.41, 5.74) is 4.13. The van der Waals surface area contributed by atoms with Gasteiger partial charge in [0.25, 0.3) is 0 Å². The molecule has 7 heteroatoms. The van der Waals surface area contributed by atoms with Crippen molar-refractivity contribution in [3.8, 4) is 0 Å². The zero-order chi connectivity index (χ0) is 22.9. The minimum Gasteiger partial charge on any atom is -0.356 e. The van der Waals surface area contributed by atoms with Gasteiger partial charge in [-0.3, -0.25) is 4.79 Å². The summed E-state index contributed by atoms with van der Waals surface area (Å²) in [5.74, 6) is 1.28. The lowest BCUT2D eigenvalue weighted by molar-refractivity contribution is 0.0814. The Labute approximate surface area is 201 Å². The van der Waals surface area contributed by atoms with Gasteiger partial charge in [-0.15, -0.1) is 0 Å². The second-order valence-electron chi connectivity index (χ2n) is 9.29. The van der Waals surface area contributed by atoms with Gasteiger partial charge in [0, 0.05) is 39.8 Å². The number of piperidine rings is 1. The highest BCUT2D eigenvalue weighted by atomic mass is 79.9. The number of hydrogen-bond donors (Lipinski definition) is 0. The van der Waals surface area contributed by atoms with Crippen molar-refractivity contribution in [3.05, 3.63) is 57.8 Å². The molecule has 1 unspecified atom stereocenters. The number of likely N-dealkylation sites (tertiary alicyclic amines) is 1. The Balaban J connectivity index is 0.000000174. The molecule has 0 N–H and O–H groups in total. The zero-order valence-corrected chi connectivity index (χ0v) is 20.6. The summed E-state index contributed by atoms with van der Waals surface area (Å²) < 4.78 is 11.4. The van der Waals surface area contributed by atoms with Crippen LogP contribution in [0.2, 0.25) is 0 Å². The monoisotopic (exact) mass is 509 g/mol. The molecule has 6 rings (SSSR count). The van der Waals surface area contributed by atoms with E-state index < -0.39 is 0 Å². The van der Waals surface area contributed by atoms with Crippen LogP contribution in [0.25, 0.3) is 21.9 Å². The summed E-state index contributed by atoms with van der Waals surface area (Å²) in [6.07, 6.45) is 4.88. The van der Waals surface area contributed by atoms with Crippen LogP contribution in [0.1, 0.15) is 47.4 Å². The fourth-order valence-corrected chi connectivity index (χ4v) is 4.93. The second-order valence-corrected chi connectivity index (χ2v) is 10.2. The summed E-state index contributed by atoms with van der Waals surface area (Å²) in [7, 11) is 0. The number of carbonyl (C=O) groups excluding carboxylic acids is 1. The molecule has 4 aromatic rings. The van der Waals surface area contributed by atoms with Crippen LogP contribution in [0.4, 0.5) is 0 Å². The zero-order valence-electron chi connectivity index (χ0n) is 19.0. The number of aromatic nitrogens is 2. The number of carbonyl (C=O) groups is 1. The number of ketones is 1. The molecule has 172 valence electrons. The van der Waals surface area contributed by atoms with Gasteiger partial charge in [-0.1, -0.05) is 32.3 Å². The first-order valence-corrected chi connectivity index (χ1v) is 12.4. The maximum absolute atomic E-state index is 12.8. The van der Waals surface area contributed by atoms with E-state index in [9.17, 15) is 4.79 Å². The van der Waals surface area contributed by atoms with Crippen molar-refractivity contribution in [1.82, 2.24) is 15.2 Å². The van der Waals surface area contributed by atoms with E-state index in [0.717, 1.165) is 69.6 Å². The number of rotatable bonds is 4. The number of benzene rings is 2. The Kier molecular flexibility index (Phi) is 6.34. The Morgan fingerprint density at radius 2 is 1.67 bits per heavy atom. The molecular weight excluding hydrogens is 482 g/mol. The number of hydrogen-bond acceptors (Lipinski definition) is 6. The predicted molar refractivity (Wildman–Crippen MR) is 131 cm³/mol. The number of halogens is 1. The van der Waals surface area contributed by atoms with Gasteiger partial charge >= 0.3 is 0 Å². The van der Waals surface area contributed by atoms with E-state index in [1.54, 1.807) is 0 Å². The summed E-state index contributed by atoms with van der Waals surface area (Å²) in [6, 6.07) is 11.6. The fourth-order valence-electron chi connectivity index (χ4n) is 4.59. The van der Waals surface area contributed by atoms with Crippen molar-refractivity contribution in [3.63, 3.8) is 0 Å². The van der Waals surface area contributed by atoms with E-state index in [-0.39, 0.29) is 11.7 Å². The molecule has 1 saturated heterocycles. The van der Waals surface area contributed by atoms with E-state index in [0.29, 0.717) is 5.58 Å². The molecule has 0 radical (unpaired) electrons. The Morgan fingerprint density at radius 1 is 1.00 bits per heavy atom. The molecule has 0 spiro atoms. The molecule has 2 aromatic carbocycles. The Hall–Kier alpha value is -2.51. The van der Waals surface area contributed by atoms with Gasteiger partial charge in [-0.25, -0.2) is 0 Å². The van der Waals surface area contributed by atoms with Crippen molar-refractivity contribution in [2.24, 2.45) is 11.8 Å². The fraction of sp³-hybridized carbons (Fsp3) is 0.423. The maximum Gasteiger partial charge on any atom is 0.168 e. The van der Waals surface area contributed by atoms with E-state index in [2.05, 4.69) is 31.1 Å². The summed E-state index contributed by atoms with van der Waals surface area (Å²) >= 11 is 3.35. The Bertz CT molecular complexity index is 1290. The number of nitrogens with zero attached hydrogens (tertiary/aromatic N) is 3. The summed E-state index contributed by atoms with van der Waals surface area (Å²) in [5, 5.41) is 9.88. The van der Waals surface area contributed by atoms with Gasteiger partial charge in [0.15, 0.2) is 16.9 Å². The molecular formula is C26H28BrN3O3. The molecule has 1 aliphatic heterocycles. The van der Waals surface area contributed by atoms with Crippen molar-refractivity contribution >= 4 is 43.7 Å². The van der Waals surface area contributed by atoms with E-state index in [1.165, 1.54) is 19.4 Å². The standard InChI is InChI=1S/C18H22N2O2.C8H6BrNO/c1-12-16-7-6-14(9-17(16)22-19-12)18(21)15-3-2-8-20(11-15)10-13-4-5-13;1-5-7-3-2-6(9)4-8(7)11-10-5/h6-7,9,13,15H,2-5,8,10-11H2,1H3;2-4H,1H3. The van der Waals surface area contributed by atoms with Gasteiger partial charge in [-0.05, 0) is 82.3 Å². The number of Topliss-reactive ketones (excluding diaryl/α,β-unsaturated/α-hetero) is 1. The van der Waals surface area contributed by atoms with E-state index in [4.69, 9.17) is 9.05 Å². The third kappa shape index (κ3) is 5.04. The normalized spacial score (nSPS) is 18.9. The van der Waals surface area contributed by atoms with Gasteiger partial charge in [-0.2, -0.15) is 0 Å². The quantitative estimate of drug-likeness (QED) is 0.299. The van der Waals surface area contributed by atoms with Crippen LogP contribution in [0.3, 0.4) is 0 Å². The third-order valence-corrected chi connectivity index (χ3v) is 7.13. The Morgan fingerprint density at radius 3 is 2.36 bits per heavy atom. The van der Waals surface area contributed by atoms with Gasteiger partial charge in [0.2, 0.25) is 0 Å². The average Bonchev–Trinajstić information content (AvgIpc) is 3.46. The lowest BCUT2D eigenvalue weighted by Gasteiger charge is -2.32. The minimum absolute atomic E-state index is 0.133. The van der Waals surface area contributed by atoms with Crippen molar-refractivity contribution in [2.75, 3.05) is 19.6 Å². The SMILES string of the molecule is Cc1noc2cc(Br)ccc12.Cc1noc2cc(C(=O)C3CCCN(CC4CC4)C3)ccc12. The van der Waals surface area contributed by atoms with Crippen LogP contribution in [0.15, 0.2) is 49.9 Å². The first-order valence-electron chi connectivity index (χ1n) is 11.6. The van der Waals surface area contributed by atoms with Crippen LogP contribution in [0.5, 0.6) is 0 Å². The first kappa shape index (κ1) is 22.3. The molecule has 33 heavy (non-hydrogen) atoms. The highest BCUT2D eigenvalue weighted by Gasteiger charge is 2.30. The summed E-state index contributed by atoms with van der Waals surface area (Å²) in [4.78, 5) is 15.3. The smallest absolute Gasteiger partial charge is 0.168 e. The highest BCUT2D eigenvalue weighted by molar-refractivity contribution is 9.10. The molecule has 1 saturated carbocycles. The minimum atomic E-state index is 0.133. The molecule has 2 aliphatic rings. The van der Waals surface area contributed by atoms with E-state index in [1.807, 2.05) is 50.2 Å². The maximum atomic E-state index is 12.8. The van der Waals surface area contributed by atoms with Crippen LogP contribution in [-0.2, 0) is 0 Å². The van der Waals surface area contributed by atoms with E-state index >= 15 is 0 Å². The molecule has 2 aromatic heterocycles. The van der Waals surface area contributed by atoms with Crippen LogP contribution < -0.4 is 0 Å². The van der Waals surface area contributed by atoms with Gasteiger partial charge in [0.05, 0.1) is 11.4 Å². The van der Waals surface area contributed by atoms with Crippen molar-refractivity contribution in [1.29, 1.82) is 0 Å². The lowest BCUT2D eigenvalue weighted by Crippen LogP contribution is -2.39. The van der Waals surface area contributed by atoms with Crippen molar-refractivity contribution in [2.45, 2.75) is 39.5 Å². The van der Waals surface area contributed by atoms with Gasteiger partial charge in [0.1, 0.15) is 0 Å². The second kappa shape index (κ2) is 9.39. The molecule has 0 amide bonds. The third-order valence-electron chi connectivity index (χ3n) is 6.64. The first-order chi connectivity index (χ1) is 16.0. The molecule has 0 bridgehead atoms. The lowest BCUT2D eigenvalue weighted by atomic mass is 9.89. The molecule has 6 nitrogen and oxygen atoms in total. The topological polar surface area (TPSA) is 72.4 Å². The predicted octanol–water partition coefficient (Wildman–Crippen LogP) is 6.34. The molecule has 2 fully saturated rings. The number of aryl methyl sites for hydroxylation is 2. The molecule has 1 atom stereocenters. The highest BCUT2D eigenvalue weighted by Crippen LogP contribution is 2.32.